The lowest BCUT2D eigenvalue weighted by molar-refractivity contribution is 0.279. The third-order valence-corrected chi connectivity index (χ3v) is 6.20. The number of hydrogen-bond donors (Lipinski definition) is 0. The van der Waals surface area contributed by atoms with E-state index in [0.717, 1.165) is 37.6 Å². The summed E-state index contributed by atoms with van der Waals surface area (Å²) in [5.74, 6) is 3.44. The molecule has 0 spiro atoms. The Labute approximate surface area is 156 Å². The molecular formula is C22H29N3O. The fraction of sp³-hybridized carbons (Fsp3) is 0.500. The zero-order valence-electron chi connectivity index (χ0n) is 16.3. The molecule has 0 N–H and O–H groups in total. The molecule has 26 heavy (non-hydrogen) atoms. The summed E-state index contributed by atoms with van der Waals surface area (Å²) in [5, 5.41) is 0. The van der Waals surface area contributed by atoms with E-state index < -0.39 is 0 Å². The zero-order chi connectivity index (χ0) is 18.3. The lowest BCUT2D eigenvalue weighted by Gasteiger charge is -2.27. The van der Waals surface area contributed by atoms with Crippen molar-refractivity contribution < 1.29 is 4.74 Å². The normalized spacial score (nSPS) is 25.5. The van der Waals surface area contributed by atoms with Gasteiger partial charge in [0.1, 0.15) is 11.6 Å². The summed E-state index contributed by atoms with van der Waals surface area (Å²) in [5.41, 5.74) is 3.92. The first-order valence-corrected chi connectivity index (χ1v) is 9.66. The second-order valence-electron chi connectivity index (χ2n) is 7.77. The van der Waals surface area contributed by atoms with Crippen molar-refractivity contribution in [2.45, 2.75) is 26.3 Å². The number of aryl methyl sites for hydroxylation is 2. The number of hydrogen-bond acceptors (Lipinski definition) is 4. The molecule has 4 rings (SSSR count). The summed E-state index contributed by atoms with van der Waals surface area (Å²) < 4.78 is 5.32. The van der Waals surface area contributed by atoms with E-state index in [1.54, 1.807) is 7.11 Å². The number of pyridine rings is 1. The molecule has 4 heteroatoms. The van der Waals surface area contributed by atoms with E-state index in [4.69, 9.17) is 9.72 Å². The molecule has 2 aliphatic rings. The molecule has 2 aromatic rings. The van der Waals surface area contributed by atoms with Crippen LogP contribution in [0.3, 0.4) is 0 Å². The number of nitrogens with zero attached hydrogens (tertiary/aromatic N) is 3. The average molecular weight is 351 g/mol. The zero-order valence-corrected chi connectivity index (χ0v) is 16.3. The van der Waals surface area contributed by atoms with Gasteiger partial charge in [0.2, 0.25) is 0 Å². The first-order valence-electron chi connectivity index (χ1n) is 9.66. The standard InChI is InChI=1S/C22H29N3O/c1-5-20-15(2)6-11-21(23-20)25-13-17-12-24(3)22(19(17)14-25)16-7-9-18(26-4)10-8-16/h6-11,17,19,22H,5,12-14H2,1-4H3/t17-,19+,22-/m0/s1. The van der Waals surface area contributed by atoms with E-state index in [1.807, 2.05) is 0 Å². The predicted octanol–water partition coefficient (Wildman–Crippen LogP) is 3.70. The topological polar surface area (TPSA) is 28.6 Å². The number of aromatic nitrogens is 1. The highest BCUT2D eigenvalue weighted by Crippen LogP contribution is 2.45. The van der Waals surface area contributed by atoms with E-state index in [-0.39, 0.29) is 0 Å². The SMILES string of the molecule is CCc1nc(N2C[C@@H]3CN(C)[C@@H](c4ccc(OC)cc4)[C@@H]3C2)ccc1C. The highest BCUT2D eigenvalue weighted by molar-refractivity contribution is 5.44. The molecule has 2 saturated heterocycles. The fourth-order valence-electron chi connectivity index (χ4n) is 4.84. The number of ether oxygens (including phenoxy) is 1. The first kappa shape index (κ1) is 17.3. The Morgan fingerprint density at radius 1 is 1.08 bits per heavy atom. The van der Waals surface area contributed by atoms with Crippen LogP contribution in [0.4, 0.5) is 5.82 Å². The second-order valence-corrected chi connectivity index (χ2v) is 7.77. The van der Waals surface area contributed by atoms with Crippen molar-refractivity contribution in [2.24, 2.45) is 11.8 Å². The van der Waals surface area contributed by atoms with Gasteiger partial charge in [0.15, 0.2) is 0 Å². The molecule has 0 amide bonds. The largest absolute Gasteiger partial charge is 0.497 e. The maximum atomic E-state index is 5.32. The lowest BCUT2D eigenvalue weighted by atomic mass is 9.89. The van der Waals surface area contributed by atoms with Crippen LogP contribution in [-0.4, -0.2) is 43.7 Å². The second kappa shape index (κ2) is 6.92. The predicted molar refractivity (Wildman–Crippen MR) is 106 cm³/mol. The van der Waals surface area contributed by atoms with Gasteiger partial charge in [-0.3, -0.25) is 4.90 Å². The van der Waals surface area contributed by atoms with Crippen molar-refractivity contribution in [2.75, 3.05) is 38.7 Å². The summed E-state index contributed by atoms with van der Waals surface area (Å²) in [7, 11) is 3.98. The van der Waals surface area contributed by atoms with Crippen molar-refractivity contribution in [3.63, 3.8) is 0 Å². The van der Waals surface area contributed by atoms with E-state index in [0.29, 0.717) is 17.9 Å². The molecule has 2 aliphatic heterocycles. The molecule has 0 unspecified atom stereocenters. The quantitative estimate of drug-likeness (QED) is 0.840. The molecule has 0 radical (unpaired) electrons. The van der Waals surface area contributed by atoms with Crippen molar-refractivity contribution >= 4 is 5.82 Å². The molecular weight excluding hydrogens is 322 g/mol. The van der Waals surface area contributed by atoms with Crippen molar-refractivity contribution in [3.8, 4) is 5.75 Å². The van der Waals surface area contributed by atoms with Gasteiger partial charge in [-0.05, 0) is 55.6 Å². The third kappa shape index (κ3) is 2.96. The minimum absolute atomic E-state index is 0.479. The van der Waals surface area contributed by atoms with Crippen molar-refractivity contribution in [1.29, 1.82) is 0 Å². The van der Waals surface area contributed by atoms with Crippen LogP contribution in [0, 0.1) is 18.8 Å². The summed E-state index contributed by atoms with van der Waals surface area (Å²) >= 11 is 0. The molecule has 0 bridgehead atoms. The van der Waals surface area contributed by atoms with E-state index in [2.05, 4.69) is 67.1 Å². The van der Waals surface area contributed by atoms with Crippen LogP contribution in [-0.2, 0) is 6.42 Å². The molecule has 4 nitrogen and oxygen atoms in total. The Morgan fingerprint density at radius 3 is 2.54 bits per heavy atom. The third-order valence-electron chi connectivity index (χ3n) is 6.20. The Hall–Kier alpha value is -2.07. The smallest absolute Gasteiger partial charge is 0.128 e. The molecule has 0 saturated carbocycles. The van der Waals surface area contributed by atoms with Crippen LogP contribution in [0.1, 0.15) is 29.8 Å². The molecule has 1 aromatic heterocycles. The number of benzene rings is 1. The van der Waals surface area contributed by atoms with Crippen molar-refractivity contribution in [3.05, 3.63) is 53.2 Å². The summed E-state index contributed by atoms with van der Waals surface area (Å²) in [6.45, 7) is 7.70. The van der Waals surface area contributed by atoms with Gasteiger partial charge < -0.3 is 9.64 Å². The highest BCUT2D eigenvalue weighted by Gasteiger charge is 2.46. The lowest BCUT2D eigenvalue weighted by Crippen LogP contribution is -2.29. The van der Waals surface area contributed by atoms with Gasteiger partial charge in [-0.25, -0.2) is 4.98 Å². The van der Waals surface area contributed by atoms with Crippen LogP contribution < -0.4 is 9.64 Å². The van der Waals surface area contributed by atoms with Gasteiger partial charge in [0.25, 0.3) is 0 Å². The Morgan fingerprint density at radius 2 is 1.85 bits per heavy atom. The van der Waals surface area contributed by atoms with Gasteiger partial charge in [0.05, 0.1) is 7.11 Å². The monoisotopic (exact) mass is 351 g/mol. The van der Waals surface area contributed by atoms with E-state index in [1.165, 1.54) is 16.8 Å². The summed E-state index contributed by atoms with van der Waals surface area (Å²) in [4.78, 5) is 9.96. The number of likely N-dealkylation sites (tertiary alicyclic amines) is 1. The van der Waals surface area contributed by atoms with Gasteiger partial charge in [0, 0.05) is 37.3 Å². The first-order chi connectivity index (χ1) is 12.6. The summed E-state index contributed by atoms with van der Waals surface area (Å²) in [6, 6.07) is 13.5. The Kier molecular flexibility index (Phi) is 4.62. The van der Waals surface area contributed by atoms with Crippen LogP contribution in [0.25, 0.3) is 0 Å². The van der Waals surface area contributed by atoms with Crippen LogP contribution in [0.2, 0.25) is 0 Å². The number of anilines is 1. The van der Waals surface area contributed by atoms with Crippen molar-refractivity contribution in [1.82, 2.24) is 9.88 Å². The molecule has 2 fully saturated rings. The molecule has 3 atom stereocenters. The number of rotatable bonds is 4. The molecule has 138 valence electrons. The van der Waals surface area contributed by atoms with Crippen LogP contribution >= 0.6 is 0 Å². The van der Waals surface area contributed by atoms with Crippen LogP contribution in [0.15, 0.2) is 36.4 Å². The fourth-order valence-corrected chi connectivity index (χ4v) is 4.84. The van der Waals surface area contributed by atoms with Gasteiger partial charge in [-0.15, -0.1) is 0 Å². The van der Waals surface area contributed by atoms with Crippen LogP contribution in [0.5, 0.6) is 5.75 Å². The van der Waals surface area contributed by atoms with E-state index >= 15 is 0 Å². The molecule has 0 aliphatic carbocycles. The molecule has 1 aromatic carbocycles. The molecule has 3 heterocycles. The van der Waals surface area contributed by atoms with Gasteiger partial charge >= 0.3 is 0 Å². The average Bonchev–Trinajstić information content (AvgIpc) is 3.19. The summed E-state index contributed by atoms with van der Waals surface area (Å²) in [6.07, 6.45) is 0.998. The highest BCUT2D eigenvalue weighted by atomic mass is 16.5. The Balaban J connectivity index is 1.56. The Bertz CT molecular complexity index is 773. The minimum Gasteiger partial charge on any atom is -0.497 e. The maximum Gasteiger partial charge on any atom is 0.128 e. The maximum absolute atomic E-state index is 5.32. The number of fused-ring (bicyclic) bond motifs is 1. The van der Waals surface area contributed by atoms with Gasteiger partial charge in [-0.2, -0.15) is 0 Å². The number of methoxy groups -OCH3 is 1. The minimum atomic E-state index is 0.479. The van der Waals surface area contributed by atoms with E-state index in [9.17, 15) is 0 Å². The van der Waals surface area contributed by atoms with Gasteiger partial charge in [-0.1, -0.05) is 25.1 Å².